The van der Waals surface area contributed by atoms with Crippen molar-refractivity contribution in [1.29, 1.82) is 0 Å². The van der Waals surface area contributed by atoms with Crippen LogP contribution >= 0.6 is 23.1 Å². The number of thiophene rings is 1. The Balaban J connectivity index is 1.53. The Kier molecular flexibility index (Phi) is 4.75. The Hall–Kier alpha value is -1.56. The number of nitrogens with zero attached hydrogens (tertiary/aromatic N) is 1. The molecular formula is C16H15NO2S2. The van der Waals surface area contributed by atoms with Crippen LogP contribution in [-0.4, -0.2) is 10.1 Å². The quantitative estimate of drug-likeness (QED) is 0.735. The maximum absolute atomic E-state index is 9.01. The summed E-state index contributed by atoms with van der Waals surface area (Å²) < 4.78 is 5.50. The minimum atomic E-state index is 0.0951. The molecule has 1 aromatic carbocycles. The lowest BCUT2D eigenvalue weighted by Crippen LogP contribution is -1.86. The van der Waals surface area contributed by atoms with Crippen LogP contribution in [0.4, 0.5) is 0 Å². The molecule has 0 aliphatic heterocycles. The molecule has 0 aliphatic carbocycles. The molecule has 3 aromatic rings. The fourth-order valence-electron chi connectivity index (χ4n) is 1.90. The zero-order valence-electron chi connectivity index (χ0n) is 11.4. The van der Waals surface area contributed by atoms with Gasteiger partial charge in [0.05, 0.1) is 17.2 Å². The Morgan fingerprint density at radius 2 is 1.90 bits per heavy atom. The van der Waals surface area contributed by atoms with E-state index in [2.05, 4.69) is 17.1 Å². The van der Waals surface area contributed by atoms with Crippen LogP contribution in [0.15, 0.2) is 52.5 Å². The molecule has 3 nitrogen and oxygen atoms in total. The zero-order chi connectivity index (χ0) is 14.5. The summed E-state index contributed by atoms with van der Waals surface area (Å²) in [6.07, 6.45) is 1.73. The van der Waals surface area contributed by atoms with Crippen molar-refractivity contribution < 1.29 is 9.52 Å². The highest BCUT2D eigenvalue weighted by Gasteiger charge is 2.07. The van der Waals surface area contributed by atoms with Crippen molar-refractivity contribution in [3.05, 3.63) is 64.9 Å². The fourth-order valence-corrected chi connectivity index (χ4v) is 3.43. The molecule has 0 spiro atoms. The highest BCUT2D eigenvalue weighted by Crippen LogP contribution is 2.25. The van der Waals surface area contributed by atoms with Gasteiger partial charge in [-0.3, -0.25) is 0 Å². The van der Waals surface area contributed by atoms with Gasteiger partial charge in [0.15, 0.2) is 0 Å². The largest absolute Gasteiger partial charge is 0.444 e. The van der Waals surface area contributed by atoms with Crippen LogP contribution in [-0.2, 0) is 18.1 Å². The first-order chi connectivity index (χ1) is 10.3. The summed E-state index contributed by atoms with van der Waals surface area (Å²) in [6.45, 7) is 0.0951. The Morgan fingerprint density at radius 3 is 2.62 bits per heavy atom. The van der Waals surface area contributed by atoms with Crippen LogP contribution < -0.4 is 0 Å². The van der Waals surface area contributed by atoms with Crippen LogP contribution in [0.3, 0.4) is 0 Å². The third-order valence-electron chi connectivity index (χ3n) is 3.01. The molecule has 0 aliphatic rings. The van der Waals surface area contributed by atoms with E-state index in [1.807, 2.05) is 29.6 Å². The van der Waals surface area contributed by atoms with Gasteiger partial charge in [-0.2, -0.15) is 11.8 Å². The maximum atomic E-state index is 9.01. The molecule has 0 saturated heterocycles. The van der Waals surface area contributed by atoms with Crippen molar-refractivity contribution in [1.82, 2.24) is 4.98 Å². The second kappa shape index (κ2) is 6.93. The molecule has 3 rings (SSSR count). The lowest BCUT2D eigenvalue weighted by atomic mass is 10.2. The smallest absolute Gasteiger partial charge is 0.236 e. The molecule has 0 amide bonds. The van der Waals surface area contributed by atoms with Crippen molar-refractivity contribution in [2.75, 3.05) is 0 Å². The first kappa shape index (κ1) is 14.4. The van der Waals surface area contributed by atoms with E-state index in [4.69, 9.17) is 9.52 Å². The molecule has 0 saturated carbocycles. The van der Waals surface area contributed by atoms with Crippen molar-refractivity contribution in [2.45, 2.75) is 18.1 Å². The van der Waals surface area contributed by atoms with Crippen molar-refractivity contribution in [3.63, 3.8) is 0 Å². The summed E-state index contributed by atoms with van der Waals surface area (Å²) in [5.74, 6) is 2.46. The number of rotatable bonds is 6. The Labute approximate surface area is 131 Å². The average molecular weight is 317 g/mol. The SMILES string of the molecule is OCc1ccc(CSCc2coc(-c3cccs3)n2)cc1. The van der Waals surface area contributed by atoms with Crippen LogP contribution in [0.5, 0.6) is 0 Å². The molecule has 108 valence electrons. The first-order valence-corrected chi connectivity index (χ1v) is 8.63. The molecular weight excluding hydrogens is 302 g/mol. The number of aliphatic hydroxyl groups excluding tert-OH is 1. The minimum Gasteiger partial charge on any atom is -0.444 e. The molecule has 0 unspecified atom stereocenters. The van der Waals surface area contributed by atoms with E-state index in [1.165, 1.54) is 5.56 Å². The molecule has 21 heavy (non-hydrogen) atoms. The van der Waals surface area contributed by atoms with Gasteiger partial charge < -0.3 is 9.52 Å². The summed E-state index contributed by atoms with van der Waals surface area (Å²) in [6, 6.07) is 12.0. The predicted molar refractivity (Wildman–Crippen MR) is 87.2 cm³/mol. The lowest BCUT2D eigenvalue weighted by Gasteiger charge is -2.01. The van der Waals surface area contributed by atoms with E-state index in [-0.39, 0.29) is 6.61 Å². The highest BCUT2D eigenvalue weighted by atomic mass is 32.2. The summed E-state index contributed by atoms with van der Waals surface area (Å²) in [5, 5.41) is 11.0. The van der Waals surface area contributed by atoms with Gasteiger partial charge >= 0.3 is 0 Å². The van der Waals surface area contributed by atoms with E-state index in [0.29, 0.717) is 5.89 Å². The second-order valence-corrected chi connectivity index (χ2v) is 6.52. The average Bonchev–Trinajstić information content (AvgIpc) is 3.19. The number of hydrogen-bond donors (Lipinski definition) is 1. The standard InChI is InChI=1S/C16H15NO2S2/c18-8-12-3-5-13(6-4-12)10-20-11-14-9-19-16(17-14)15-2-1-7-21-15/h1-7,9,18H,8,10-11H2. The van der Waals surface area contributed by atoms with Crippen molar-refractivity contribution in [2.24, 2.45) is 0 Å². The lowest BCUT2D eigenvalue weighted by molar-refractivity contribution is 0.282. The molecule has 0 bridgehead atoms. The van der Waals surface area contributed by atoms with Crippen molar-refractivity contribution in [3.8, 4) is 10.8 Å². The monoisotopic (exact) mass is 317 g/mol. The fraction of sp³-hybridized carbons (Fsp3) is 0.188. The number of aliphatic hydroxyl groups is 1. The van der Waals surface area contributed by atoms with E-state index in [9.17, 15) is 0 Å². The van der Waals surface area contributed by atoms with Gasteiger partial charge in [-0.25, -0.2) is 4.98 Å². The minimum absolute atomic E-state index is 0.0951. The van der Waals surface area contributed by atoms with Gasteiger partial charge in [-0.05, 0) is 22.6 Å². The van der Waals surface area contributed by atoms with E-state index >= 15 is 0 Å². The number of aromatic nitrogens is 1. The molecule has 5 heteroatoms. The maximum Gasteiger partial charge on any atom is 0.236 e. The molecule has 2 aromatic heterocycles. The van der Waals surface area contributed by atoms with E-state index in [1.54, 1.807) is 29.4 Å². The topological polar surface area (TPSA) is 46.3 Å². The number of thioether (sulfide) groups is 1. The normalized spacial score (nSPS) is 10.9. The van der Waals surface area contributed by atoms with Gasteiger partial charge in [-0.15, -0.1) is 11.3 Å². The molecule has 2 heterocycles. The van der Waals surface area contributed by atoms with Gasteiger partial charge in [-0.1, -0.05) is 30.3 Å². The Bertz CT molecular complexity index is 675. The van der Waals surface area contributed by atoms with Gasteiger partial charge in [0.25, 0.3) is 0 Å². The number of benzene rings is 1. The van der Waals surface area contributed by atoms with E-state index in [0.717, 1.165) is 27.6 Å². The molecule has 0 radical (unpaired) electrons. The number of oxazole rings is 1. The van der Waals surface area contributed by atoms with E-state index < -0.39 is 0 Å². The van der Waals surface area contributed by atoms with Gasteiger partial charge in [0.1, 0.15) is 6.26 Å². The van der Waals surface area contributed by atoms with Gasteiger partial charge in [0.2, 0.25) is 5.89 Å². The molecule has 1 N–H and O–H groups in total. The van der Waals surface area contributed by atoms with Crippen LogP contribution in [0, 0.1) is 0 Å². The first-order valence-electron chi connectivity index (χ1n) is 6.60. The summed E-state index contributed by atoms with van der Waals surface area (Å²) in [5.41, 5.74) is 3.16. The number of hydrogen-bond acceptors (Lipinski definition) is 5. The second-order valence-electron chi connectivity index (χ2n) is 4.59. The van der Waals surface area contributed by atoms with Gasteiger partial charge in [0, 0.05) is 11.5 Å². The third-order valence-corrected chi connectivity index (χ3v) is 4.90. The highest BCUT2D eigenvalue weighted by molar-refractivity contribution is 7.97. The van der Waals surface area contributed by atoms with Crippen molar-refractivity contribution >= 4 is 23.1 Å². The summed E-state index contributed by atoms with van der Waals surface area (Å²) in [4.78, 5) is 5.56. The Morgan fingerprint density at radius 1 is 1.10 bits per heavy atom. The zero-order valence-corrected chi connectivity index (χ0v) is 13.0. The van der Waals surface area contributed by atoms with Crippen LogP contribution in [0.2, 0.25) is 0 Å². The van der Waals surface area contributed by atoms with Crippen LogP contribution in [0.25, 0.3) is 10.8 Å². The van der Waals surface area contributed by atoms with Crippen LogP contribution in [0.1, 0.15) is 16.8 Å². The molecule has 0 atom stereocenters. The summed E-state index contributed by atoms with van der Waals surface area (Å²) in [7, 11) is 0. The molecule has 0 fully saturated rings. The predicted octanol–water partition coefficient (Wildman–Crippen LogP) is 4.33. The third kappa shape index (κ3) is 3.75. The summed E-state index contributed by atoms with van der Waals surface area (Å²) >= 11 is 3.43.